The van der Waals surface area contributed by atoms with Crippen molar-refractivity contribution >= 4 is 5.91 Å². The van der Waals surface area contributed by atoms with Crippen molar-refractivity contribution in [1.82, 2.24) is 10.2 Å². The first-order chi connectivity index (χ1) is 8.65. The molecule has 1 aliphatic heterocycles. The number of carbonyl (C=O) groups excluding carboxylic acids is 1. The van der Waals surface area contributed by atoms with Crippen LogP contribution >= 0.6 is 0 Å². The highest BCUT2D eigenvalue weighted by Crippen LogP contribution is 2.16. The fourth-order valence-electron chi connectivity index (χ4n) is 2.61. The molecule has 0 bridgehead atoms. The molecule has 0 unspecified atom stereocenters. The summed E-state index contributed by atoms with van der Waals surface area (Å²) in [5, 5.41) is 3.38. The first-order valence-electron chi connectivity index (χ1n) is 7.65. The maximum absolute atomic E-state index is 12.2. The molecule has 0 aromatic carbocycles. The van der Waals surface area contributed by atoms with E-state index in [1.54, 1.807) is 0 Å². The van der Waals surface area contributed by atoms with Crippen LogP contribution in [0.5, 0.6) is 0 Å². The summed E-state index contributed by atoms with van der Waals surface area (Å²) in [7, 11) is 0. The van der Waals surface area contributed by atoms with Crippen LogP contribution in [-0.2, 0) is 4.79 Å². The smallest absolute Gasteiger partial charge is 0.222 e. The monoisotopic (exact) mass is 254 g/mol. The van der Waals surface area contributed by atoms with Crippen LogP contribution in [0.25, 0.3) is 0 Å². The van der Waals surface area contributed by atoms with Gasteiger partial charge in [0.25, 0.3) is 0 Å². The number of hydrogen-bond acceptors (Lipinski definition) is 2. The number of rotatable bonds is 7. The van der Waals surface area contributed by atoms with Crippen molar-refractivity contribution in [2.75, 3.05) is 19.6 Å². The number of carbonyl (C=O) groups is 1. The maximum atomic E-state index is 12.2. The second-order valence-electron chi connectivity index (χ2n) is 5.79. The Kier molecular flexibility index (Phi) is 7.33. The zero-order valence-corrected chi connectivity index (χ0v) is 12.4. The number of hydrogen-bond donors (Lipinski definition) is 1. The Morgan fingerprint density at radius 1 is 1.28 bits per heavy atom. The third kappa shape index (κ3) is 5.38. The van der Waals surface area contributed by atoms with Gasteiger partial charge in [0.15, 0.2) is 0 Å². The van der Waals surface area contributed by atoms with Gasteiger partial charge in [-0.2, -0.15) is 0 Å². The molecule has 1 fully saturated rings. The molecule has 3 nitrogen and oxygen atoms in total. The summed E-state index contributed by atoms with van der Waals surface area (Å²) < 4.78 is 0. The number of amides is 1. The van der Waals surface area contributed by atoms with Gasteiger partial charge in [0, 0.05) is 19.0 Å². The zero-order chi connectivity index (χ0) is 13.4. The van der Waals surface area contributed by atoms with E-state index >= 15 is 0 Å². The van der Waals surface area contributed by atoms with Crippen molar-refractivity contribution < 1.29 is 4.79 Å². The van der Waals surface area contributed by atoms with Gasteiger partial charge >= 0.3 is 0 Å². The normalized spacial score (nSPS) is 17.1. The summed E-state index contributed by atoms with van der Waals surface area (Å²) in [6.45, 7) is 9.64. The summed E-state index contributed by atoms with van der Waals surface area (Å²) >= 11 is 0. The number of unbranched alkanes of at least 4 members (excludes halogenated alkanes) is 2. The van der Waals surface area contributed by atoms with Crippen molar-refractivity contribution in [3.63, 3.8) is 0 Å². The summed E-state index contributed by atoms with van der Waals surface area (Å²) in [5.74, 6) is 1.06. The highest BCUT2D eigenvalue weighted by molar-refractivity contribution is 5.76. The van der Waals surface area contributed by atoms with Gasteiger partial charge in [-0.25, -0.2) is 0 Å². The molecule has 0 aliphatic carbocycles. The van der Waals surface area contributed by atoms with Crippen molar-refractivity contribution in [2.45, 2.75) is 65.3 Å². The van der Waals surface area contributed by atoms with Crippen LogP contribution in [0, 0.1) is 5.92 Å². The summed E-state index contributed by atoms with van der Waals surface area (Å²) in [4.78, 5) is 14.3. The lowest BCUT2D eigenvalue weighted by molar-refractivity contribution is -0.133. The third-order valence-electron chi connectivity index (χ3n) is 3.85. The fourth-order valence-corrected chi connectivity index (χ4v) is 2.61. The van der Waals surface area contributed by atoms with Crippen molar-refractivity contribution in [3.8, 4) is 0 Å². The van der Waals surface area contributed by atoms with Gasteiger partial charge in [0.05, 0.1) is 0 Å². The minimum absolute atomic E-state index is 0.342. The summed E-state index contributed by atoms with van der Waals surface area (Å²) in [5.41, 5.74) is 0. The van der Waals surface area contributed by atoms with Gasteiger partial charge in [-0.1, -0.05) is 19.8 Å². The van der Waals surface area contributed by atoms with Gasteiger partial charge in [-0.15, -0.1) is 0 Å². The highest BCUT2D eigenvalue weighted by atomic mass is 16.2. The molecule has 1 aliphatic rings. The molecule has 0 aromatic heterocycles. The Labute approximate surface area is 112 Å². The largest absolute Gasteiger partial charge is 0.340 e. The topological polar surface area (TPSA) is 32.3 Å². The van der Waals surface area contributed by atoms with Gasteiger partial charge < -0.3 is 10.2 Å². The highest BCUT2D eigenvalue weighted by Gasteiger charge is 2.22. The second-order valence-corrected chi connectivity index (χ2v) is 5.79. The van der Waals surface area contributed by atoms with Crippen LogP contribution in [0.2, 0.25) is 0 Å². The van der Waals surface area contributed by atoms with E-state index in [1.807, 2.05) is 0 Å². The van der Waals surface area contributed by atoms with Crippen LogP contribution in [0.3, 0.4) is 0 Å². The molecule has 0 saturated carbocycles. The van der Waals surface area contributed by atoms with Crippen LogP contribution in [0.15, 0.2) is 0 Å². The SMILES string of the molecule is CCCCCC(=O)N(CC1CCNCC1)C(C)C. The van der Waals surface area contributed by atoms with Crippen molar-refractivity contribution in [1.29, 1.82) is 0 Å². The van der Waals surface area contributed by atoms with E-state index in [1.165, 1.54) is 25.7 Å². The van der Waals surface area contributed by atoms with Gasteiger partial charge in [-0.05, 0) is 52.1 Å². The lowest BCUT2D eigenvalue weighted by Crippen LogP contribution is -2.42. The molecule has 0 spiro atoms. The van der Waals surface area contributed by atoms with Crippen LogP contribution in [-0.4, -0.2) is 36.5 Å². The molecular weight excluding hydrogens is 224 g/mol. The molecule has 0 aromatic rings. The Balaban J connectivity index is 2.39. The Morgan fingerprint density at radius 3 is 2.50 bits per heavy atom. The summed E-state index contributed by atoms with van der Waals surface area (Å²) in [6, 6.07) is 0.342. The van der Waals surface area contributed by atoms with E-state index in [-0.39, 0.29) is 0 Å². The number of nitrogens with one attached hydrogen (secondary N) is 1. The van der Waals surface area contributed by atoms with Gasteiger partial charge in [-0.3, -0.25) is 4.79 Å². The first kappa shape index (κ1) is 15.5. The van der Waals surface area contributed by atoms with E-state index in [0.717, 1.165) is 32.5 Å². The molecular formula is C15H30N2O. The molecule has 1 N–H and O–H groups in total. The van der Waals surface area contributed by atoms with Crippen LogP contribution in [0.4, 0.5) is 0 Å². The molecule has 106 valence electrons. The number of nitrogens with zero attached hydrogens (tertiary/aromatic N) is 1. The maximum Gasteiger partial charge on any atom is 0.222 e. The predicted octanol–water partition coefficient (Wildman–Crippen LogP) is 2.80. The lowest BCUT2D eigenvalue weighted by atomic mass is 9.96. The molecule has 18 heavy (non-hydrogen) atoms. The molecule has 1 rings (SSSR count). The Morgan fingerprint density at radius 2 is 1.94 bits per heavy atom. The average molecular weight is 254 g/mol. The molecule has 1 amide bonds. The molecule has 1 heterocycles. The van der Waals surface area contributed by atoms with E-state index < -0.39 is 0 Å². The van der Waals surface area contributed by atoms with E-state index in [9.17, 15) is 4.79 Å². The number of piperidine rings is 1. The van der Waals surface area contributed by atoms with Crippen LogP contribution < -0.4 is 5.32 Å². The predicted molar refractivity (Wildman–Crippen MR) is 76.6 cm³/mol. The van der Waals surface area contributed by atoms with Gasteiger partial charge in [0.2, 0.25) is 5.91 Å². The molecule has 0 atom stereocenters. The minimum atomic E-state index is 0.342. The zero-order valence-electron chi connectivity index (χ0n) is 12.4. The lowest BCUT2D eigenvalue weighted by Gasteiger charge is -2.33. The Bertz CT molecular complexity index is 235. The molecule has 3 heteroatoms. The molecule has 0 radical (unpaired) electrons. The quantitative estimate of drug-likeness (QED) is 0.709. The van der Waals surface area contributed by atoms with Crippen molar-refractivity contribution in [3.05, 3.63) is 0 Å². The van der Waals surface area contributed by atoms with Crippen molar-refractivity contribution in [2.24, 2.45) is 5.92 Å². The third-order valence-corrected chi connectivity index (χ3v) is 3.85. The van der Waals surface area contributed by atoms with Crippen LogP contribution in [0.1, 0.15) is 59.3 Å². The molecule has 1 saturated heterocycles. The van der Waals surface area contributed by atoms with E-state index in [4.69, 9.17) is 0 Å². The standard InChI is InChI=1S/C15H30N2O/c1-4-5-6-7-15(18)17(13(2)3)12-14-8-10-16-11-9-14/h13-14,16H,4-12H2,1-3H3. The van der Waals surface area contributed by atoms with Gasteiger partial charge in [0.1, 0.15) is 0 Å². The van der Waals surface area contributed by atoms with E-state index in [0.29, 0.717) is 17.9 Å². The average Bonchev–Trinajstić information content (AvgIpc) is 2.37. The Hall–Kier alpha value is -0.570. The fraction of sp³-hybridized carbons (Fsp3) is 0.933. The summed E-state index contributed by atoms with van der Waals surface area (Å²) in [6.07, 6.45) is 6.56. The second kappa shape index (κ2) is 8.52. The minimum Gasteiger partial charge on any atom is -0.340 e. The first-order valence-corrected chi connectivity index (χ1v) is 7.65. The van der Waals surface area contributed by atoms with E-state index in [2.05, 4.69) is 31.0 Å².